The summed E-state index contributed by atoms with van der Waals surface area (Å²) in [6.07, 6.45) is 1.89. The van der Waals surface area contributed by atoms with E-state index in [1.165, 1.54) is 0 Å². The van der Waals surface area contributed by atoms with Gasteiger partial charge in [0.2, 0.25) is 0 Å². The van der Waals surface area contributed by atoms with Crippen molar-refractivity contribution in [2.75, 3.05) is 26.4 Å². The Morgan fingerprint density at radius 2 is 1.32 bits per heavy atom. The largest absolute Gasteiger partial charge is 0.462 e. The standard InChI is InChI=1S/C20H30O8/c1-5-25-17(21)13(3)19(23)27-11-15-7-9-16(10-8-15)12-28-20(24)14(4)18(22)26-6-2/h15-17,21H,3-12H2,1-2H3. The molecule has 0 amide bonds. The molecule has 0 bridgehead atoms. The van der Waals surface area contributed by atoms with Gasteiger partial charge in [-0.3, -0.25) is 0 Å². The van der Waals surface area contributed by atoms with Gasteiger partial charge >= 0.3 is 17.9 Å². The molecular weight excluding hydrogens is 368 g/mol. The highest BCUT2D eigenvalue weighted by Crippen LogP contribution is 2.29. The molecule has 1 unspecified atom stereocenters. The van der Waals surface area contributed by atoms with Gasteiger partial charge in [0.05, 0.1) is 25.4 Å². The maximum atomic E-state index is 11.8. The number of hydrogen-bond donors (Lipinski definition) is 1. The molecule has 0 spiro atoms. The van der Waals surface area contributed by atoms with Gasteiger partial charge in [-0.25, -0.2) is 14.4 Å². The van der Waals surface area contributed by atoms with Crippen molar-refractivity contribution in [3.05, 3.63) is 24.3 Å². The number of hydrogen-bond acceptors (Lipinski definition) is 8. The number of ether oxygens (including phenoxy) is 4. The monoisotopic (exact) mass is 398 g/mol. The van der Waals surface area contributed by atoms with Crippen molar-refractivity contribution >= 4 is 17.9 Å². The molecule has 158 valence electrons. The van der Waals surface area contributed by atoms with Crippen molar-refractivity contribution in [3.63, 3.8) is 0 Å². The van der Waals surface area contributed by atoms with Gasteiger partial charge in [-0.1, -0.05) is 13.2 Å². The molecule has 1 fully saturated rings. The Labute approximate surface area is 165 Å². The number of rotatable bonds is 11. The van der Waals surface area contributed by atoms with Crippen molar-refractivity contribution in [2.45, 2.75) is 45.8 Å². The van der Waals surface area contributed by atoms with Gasteiger partial charge in [-0.2, -0.15) is 0 Å². The second-order valence-corrected chi connectivity index (χ2v) is 6.62. The van der Waals surface area contributed by atoms with Gasteiger partial charge in [0.25, 0.3) is 0 Å². The van der Waals surface area contributed by atoms with Crippen LogP contribution in [0.5, 0.6) is 0 Å². The molecule has 0 aliphatic heterocycles. The van der Waals surface area contributed by atoms with Crippen LogP contribution in [0, 0.1) is 11.8 Å². The van der Waals surface area contributed by atoms with Crippen LogP contribution >= 0.6 is 0 Å². The molecule has 1 atom stereocenters. The fourth-order valence-corrected chi connectivity index (χ4v) is 2.79. The Bertz CT molecular complexity index is 575. The molecule has 8 nitrogen and oxygen atoms in total. The summed E-state index contributed by atoms with van der Waals surface area (Å²) in [5, 5.41) is 9.57. The molecule has 8 heteroatoms. The minimum atomic E-state index is -1.35. The zero-order chi connectivity index (χ0) is 21.1. The lowest BCUT2D eigenvalue weighted by atomic mass is 9.83. The number of esters is 3. The third-order valence-corrected chi connectivity index (χ3v) is 4.52. The predicted molar refractivity (Wildman–Crippen MR) is 99.9 cm³/mol. The quantitative estimate of drug-likeness (QED) is 0.140. The third-order valence-electron chi connectivity index (χ3n) is 4.52. The Morgan fingerprint density at radius 1 is 0.857 bits per heavy atom. The molecule has 0 aromatic rings. The summed E-state index contributed by atoms with van der Waals surface area (Å²) >= 11 is 0. The first kappa shape index (κ1) is 23.8. The van der Waals surface area contributed by atoms with Crippen molar-refractivity contribution in [1.82, 2.24) is 0 Å². The molecule has 1 N–H and O–H groups in total. The number of aliphatic hydroxyl groups is 1. The van der Waals surface area contributed by atoms with Crippen molar-refractivity contribution in [2.24, 2.45) is 11.8 Å². The molecule has 1 rings (SSSR count). The molecule has 1 saturated carbocycles. The summed E-state index contributed by atoms with van der Waals surface area (Å²) in [5.74, 6) is -1.83. The van der Waals surface area contributed by atoms with E-state index in [1.807, 2.05) is 0 Å². The number of carbonyl (C=O) groups is 3. The molecule has 0 aromatic heterocycles. The predicted octanol–water partition coefficient (Wildman–Crippen LogP) is 1.91. The fourth-order valence-electron chi connectivity index (χ4n) is 2.79. The lowest BCUT2D eigenvalue weighted by molar-refractivity contribution is -0.149. The van der Waals surface area contributed by atoms with Gasteiger partial charge in [0.1, 0.15) is 5.57 Å². The van der Waals surface area contributed by atoms with E-state index >= 15 is 0 Å². The lowest BCUT2D eigenvalue weighted by Crippen LogP contribution is -2.27. The van der Waals surface area contributed by atoms with E-state index in [0.29, 0.717) is 0 Å². The van der Waals surface area contributed by atoms with Gasteiger partial charge in [-0.15, -0.1) is 0 Å². The smallest absolute Gasteiger partial charge is 0.344 e. The van der Waals surface area contributed by atoms with E-state index in [-0.39, 0.29) is 49.4 Å². The minimum absolute atomic E-state index is 0.121. The van der Waals surface area contributed by atoms with E-state index in [4.69, 9.17) is 18.9 Å². The van der Waals surface area contributed by atoms with E-state index < -0.39 is 24.2 Å². The molecule has 0 heterocycles. The summed E-state index contributed by atoms with van der Waals surface area (Å²) in [5.41, 5.74) is -0.429. The van der Waals surface area contributed by atoms with E-state index in [9.17, 15) is 19.5 Å². The Hall–Kier alpha value is -2.19. The van der Waals surface area contributed by atoms with Gasteiger partial charge in [-0.05, 0) is 51.4 Å². The van der Waals surface area contributed by atoms with Crippen LogP contribution < -0.4 is 0 Å². The zero-order valence-corrected chi connectivity index (χ0v) is 16.6. The summed E-state index contributed by atoms with van der Waals surface area (Å²) in [4.78, 5) is 35.1. The highest BCUT2D eigenvalue weighted by atomic mass is 16.6. The molecular formula is C20H30O8. The van der Waals surface area contributed by atoms with Crippen LogP contribution in [-0.2, 0) is 33.3 Å². The Morgan fingerprint density at radius 3 is 1.79 bits per heavy atom. The molecule has 28 heavy (non-hydrogen) atoms. The zero-order valence-electron chi connectivity index (χ0n) is 16.6. The second-order valence-electron chi connectivity index (χ2n) is 6.62. The van der Waals surface area contributed by atoms with Crippen molar-refractivity contribution < 1.29 is 38.4 Å². The van der Waals surface area contributed by atoms with Crippen LogP contribution in [0.2, 0.25) is 0 Å². The molecule has 1 aliphatic carbocycles. The topological polar surface area (TPSA) is 108 Å². The van der Waals surface area contributed by atoms with E-state index in [2.05, 4.69) is 13.2 Å². The minimum Gasteiger partial charge on any atom is -0.462 e. The first-order chi connectivity index (χ1) is 13.3. The Balaban J connectivity index is 2.27. The summed E-state index contributed by atoms with van der Waals surface area (Å²) in [6, 6.07) is 0. The van der Waals surface area contributed by atoms with Crippen LogP contribution in [0.15, 0.2) is 24.3 Å². The third kappa shape index (κ3) is 7.82. The van der Waals surface area contributed by atoms with Crippen molar-refractivity contribution in [3.8, 4) is 0 Å². The summed E-state index contributed by atoms with van der Waals surface area (Å²) in [7, 11) is 0. The number of carbonyl (C=O) groups excluding carboxylic acids is 3. The van der Waals surface area contributed by atoms with Crippen LogP contribution in [0.25, 0.3) is 0 Å². The normalized spacial score (nSPS) is 20.0. The van der Waals surface area contributed by atoms with Gasteiger partial charge in [0, 0.05) is 6.61 Å². The van der Waals surface area contributed by atoms with Crippen LogP contribution in [0.1, 0.15) is 39.5 Å². The van der Waals surface area contributed by atoms with Crippen LogP contribution in [-0.4, -0.2) is 55.7 Å². The lowest BCUT2D eigenvalue weighted by Gasteiger charge is -2.28. The van der Waals surface area contributed by atoms with Crippen molar-refractivity contribution in [1.29, 1.82) is 0 Å². The van der Waals surface area contributed by atoms with Gasteiger partial charge < -0.3 is 24.1 Å². The number of aliphatic hydroxyl groups excluding tert-OH is 1. The first-order valence-corrected chi connectivity index (χ1v) is 9.48. The van der Waals surface area contributed by atoms with E-state index in [1.54, 1.807) is 13.8 Å². The first-order valence-electron chi connectivity index (χ1n) is 9.48. The summed E-state index contributed by atoms with van der Waals surface area (Å²) in [6.45, 7) is 11.1. The molecule has 1 aliphatic rings. The highest BCUT2D eigenvalue weighted by molar-refractivity contribution is 6.13. The van der Waals surface area contributed by atoms with Crippen LogP contribution in [0.4, 0.5) is 0 Å². The fraction of sp³-hybridized carbons (Fsp3) is 0.650. The second kappa shape index (κ2) is 12.3. The molecule has 0 radical (unpaired) electrons. The Kier molecular flexibility index (Phi) is 10.5. The average molecular weight is 398 g/mol. The maximum Gasteiger partial charge on any atom is 0.344 e. The highest BCUT2D eigenvalue weighted by Gasteiger charge is 2.26. The average Bonchev–Trinajstić information content (AvgIpc) is 2.70. The maximum absolute atomic E-state index is 11.8. The van der Waals surface area contributed by atoms with E-state index in [0.717, 1.165) is 25.7 Å². The summed E-state index contributed by atoms with van der Waals surface area (Å²) < 4.78 is 20.0. The van der Waals surface area contributed by atoms with Gasteiger partial charge in [0.15, 0.2) is 6.29 Å². The SMILES string of the molecule is C=C(C(=O)OCC)C(=O)OCC1CCC(COC(=O)C(=C)C(O)OCC)CC1. The van der Waals surface area contributed by atoms with Crippen LogP contribution in [0.3, 0.4) is 0 Å². The molecule has 0 saturated heterocycles. The molecule has 0 aromatic carbocycles.